The average Bonchev–Trinajstić information content (AvgIpc) is 3.03. The first-order valence-corrected chi connectivity index (χ1v) is 11.6. The highest BCUT2D eigenvalue weighted by atomic mass is 16.2. The Balaban J connectivity index is 1.58. The van der Waals surface area contributed by atoms with Gasteiger partial charge in [-0.3, -0.25) is 9.59 Å². The van der Waals surface area contributed by atoms with Gasteiger partial charge in [0.1, 0.15) is 0 Å². The number of aliphatic hydroxyl groups excluding tert-OH is 1. The predicted octanol–water partition coefficient (Wildman–Crippen LogP) is 4.96. The Bertz CT molecular complexity index is 766. The molecule has 3 saturated carbocycles. The number of carbonyl (C=O) groups excluding carboxylic acids is 2. The van der Waals surface area contributed by atoms with Crippen molar-refractivity contribution in [2.45, 2.75) is 72.6 Å². The monoisotopic (exact) mass is 399 g/mol. The summed E-state index contributed by atoms with van der Waals surface area (Å²) < 4.78 is 0. The minimum absolute atomic E-state index is 0.0122. The number of nitrogens with one attached hydrogen (secondary N) is 1. The molecule has 4 rings (SSSR count). The number of amides is 1. The van der Waals surface area contributed by atoms with Crippen molar-refractivity contribution in [2.24, 2.45) is 40.4 Å². The average molecular weight is 400 g/mol. The number of allylic oxidation sites excluding steroid dienone is 2. The van der Waals surface area contributed by atoms with Crippen LogP contribution in [0.1, 0.15) is 72.6 Å². The van der Waals surface area contributed by atoms with E-state index in [9.17, 15) is 14.7 Å². The lowest BCUT2D eigenvalue weighted by atomic mass is 9.46. The molecule has 0 aliphatic heterocycles. The minimum atomic E-state index is -0.0231. The largest absolute Gasteiger partial charge is 0.515 e. The fraction of sp³-hybridized carbons (Fsp3) is 0.760. The molecule has 0 aromatic heterocycles. The van der Waals surface area contributed by atoms with Crippen LogP contribution in [-0.2, 0) is 9.59 Å². The summed E-state index contributed by atoms with van der Waals surface area (Å²) in [4.78, 5) is 25.3. The van der Waals surface area contributed by atoms with Gasteiger partial charge in [0.15, 0.2) is 5.78 Å². The van der Waals surface area contributed by atoms with Crippen LogP contribution in [-0.4, -0.2) is 23.3 Å². The van der Waals surface area contributed by atoms with Gasteiger partial charge < -0.3 is 10.4 Å². The summed E-state index contributed by atoms with van der Waals surface area (Å²) in [5, 5.41) is 12.8. The normalized spacial score (nSPS) is 42.9. The summed E-state index contributed by atoms with van der Waals surface area (Å²) in [5.74, 6) is 2.62. The lowest BCUT2D eigenvalue weighted by Crippen LogP contribution is -2.52. The Hall–Kier alpha value is -1.58. The SMILES string of the molecule is CC(C)CNC(=O)[C@H]1CCC2C3CCC4=CC(=O)/C(=C\O)C[C@]4(C)C3CC[C@@]21C. The maximum absolute atomic E-state index is 13.0. The van der Waals surface area contributed by atoms with Gasteiger partial charge in [-0.25, -0.2) is 0 Å². The first-order chi connectivity index (χ1) is 13.7. The minimum Gasteiger partial charge on any atom is -0.515 e. The van der Waals surface area contributed by atoms with Crippen molar-refractivity contribution < 1.29 is 14.7 Å². The van der Waals surface area contributed by atoms with Crippen LogP contribution in [0.3, 0.4) is 0 Å². The van der Waals surface area contributed by atoms with Crippen molar-refractivity contribution in [3.63, 3.8) is 0 Å². The van der Waals surface area contributed by atoms with E-state index < -0.39 is 0 Å². The van der Waals surface area contributed by atoms with Crippen LogP contribution in [0.4, 0.5) is 0 Å². The molecule has 29 heavy (non-hydrogen) atoms. The molecule has 0 spiro atoms. The topological polar surface area (TPSA) is 66.4 Å². The quantitative estimate of drug-likeness (QED) is 0.521. The van der Waals surface area contributed by atoms with Gasteiger partial charge in [-0.1, -0.05) is 33.3 Å². The Kier molecular flexibility index (Phi) is 5.19. The van der Waals surface area contributed by atoms with Crippen molar-refractivity contribution in [2.75, 3.05) is 6.54 Å². The number of aliphatic hydroxyl groups is 1. The lowest BCUT2D eigenvalue weighted by molar-refractivity contribution is -0.132. The van der Waals surface area contributed by atoms with Crippen molar-refractivity contribution >= 4 is 11.7 Å². The van der Waals surface area contributed by atoms with Crippen molar-refractivity contribution in [3.05, 3.63) is 23.5 Å². The first-order valence-electron chi connectivity index (χ1n) is 11.6. The van der Waals surface area contributed by atoms with E-state index in [2.05, 4.69) is 33.0 Å². The standard InChI is InChI=1S/C25H37NO3/c1-15(2)13-26-23(29)21-8-7-19-18-6-5-17-11-22(28)16(14-27)12-25(17,4)20(18)9-10-24(19,21)3/h11,14-15,18-21,27H,5-10,12-13H2,1-4H3,(H,26,29)/b16-14-/t18?,19?,20?,21-,24+,25+/m1/s1. The van der Waals surface area contributed by atoms with Crippen molar-refractivity contribution in [3.8, 4) is 0 Å². The highest BCUT2D eigenvalue weighted by Gasteiger charge is 2.60. The second-order valence-electron chi connectivity index (χ2n) is 11.0. The van der Waals surface area contributed by atoms with E-state index in [1.807, 2.05) is 6.08 Å². The molecule has 4 heteroatoms. The van der Waals surface area contributed by atoms with E-state index in [1.54, 1.807) is 0 Å². The van der Waals surface area contributed by atoms with Gasteiger partial charge in [0.25, 0.3) is 0 Å². The predicted molar refractivity (Wildman–Crippen MR) is 114 cm³/mol. The smallest absolute Gasteiger partial charge is 0.223 e. The van der Waals surface area contributed by atoms with E-state index in [1.165, 1.54) is 5.57 Å². The maximum Gasteiger partial charge on any atom is 0.223 e. The first kappa shape index (κ1) is 20.7. The molecule has 3 fully saturated rings. The number of hydrogen-bond acceptors (Lipinski definition) is 3. The number of carbonyl (C=O) groups is 2. The molecule has 4 aliphatic rings. The second-order valence-corrected chi connectivity index (χ2v) is 11.0. The maximum atomic E-state index is 13.0. The summed E-state index contributed by atoms with van der Waals surface area (Å²) in [6.45, 7) is 9.73. The molecule has 0 heterocycles. The van der Waals surface area contributed by atoms with E-state index in [4.69, 9.17) is 0 Å². The Labute approximate surface area is 175 Å². The van der Waals surface area contributed by atoms with Gasteiger partial charge in [-0.2, -0.15) is 0 Å². The summed E-state index contributed by atoms with van der Waals surface area (Å²) in [5.41, 5.74) is 1.93. The highest BCUT2D eigenvalue weighted by molar-refractivity contribution is 6.05. The molecule has 6 atom stereocenters. The van der Waals surface area contributed by atoms with Crippen LogP contribution in [0, 0.1) is 40.4 Å². The molecule has 4 nitrogen and oxygen atoms in total. The zero-order chi connectivity index (χ0) is 21.0. The lowest BCUT2D eigenvalue weighted by Gasteiger charge is -2.58. The number of ketones is 1. The molecule has 160 valence electrons. The third-order valence-corrected chi connectivity index (χ3v) is 9.07. The fourth-order valence-corrected chi connectivity index (χ4v) is 7.51. The van der Waals surface area contributed by atoms with Gasteiger partial charge in [0.05, 0.1) is 6.26 Å². The number of hydrogen-bond donors (Lipinski definition) is 2. The van der Waals surface area contributed by atoms with E-state index in [-0.39, 0.29) is 28.4 Å². The van der Waals surface area contributed by atoms with Crippen LogP contribution in [0.15, 0.2) is 23.5 Å². The van der Waals surface area contributed by atoms with Crippen LogP contribution >= 0.6 is 0 Å². The van der Waals surface area contributed by atoms with Crippen LogP contribution in [0.5, 0.6) is 0 Å². The van der Waals surface area contributed by atoms with Gasteiger partial charge in [-0.15, -0.1) is 0 Å². The molecule has 0 aromatic rings. The van der Waals surface area contributed by atoms with E-state index >= 15 is 0 Å². The van der Waals surface area contributed by atoms with Crippen LogP contribution in [0.25, 0.3) is 0 Å². The van der Waals surface area contributed by atoms with Crippen LogP contribution < -0.4 is 5.32 Å². The van der Waals surface area contributed by atoms with E-state index in [0.29, 0.717) is 35.7 Å². The molecule has 2 N–H and O–H groups in total. The number of fused-ring (bicyclic) bond motifs is 5. The zero-order valence-electron chi connectivity index (χ0n) is 18.5. The summed E-state index contributed by atoms with van der Waals surface area (Å²) in [6, 6.07) is 0. The Morgan fingerprint density at radius 3 is 2.69 bits per heavy atom. The number of rotatable bonds is 3. The second kappa shape index (κ2) is 7.28. The molecule has 0 aromatic carbocycles. The Morgan fingerprint density at radius 2 is 2.00 bits per heavy atom. The molecule has 0 saturated heterocycles. The van der Waals surface area contributed by atoms with Gasteiger partial charge in [0.2, 0.25) is 5.91 Å². The zero-order valence-corrected chi connectivity index (χ0v) is 18.5. The third kappa shape index (κ3) is 3.18. The molecule has 0 bridgehead atoms. The summed E-state index contributed by atoms with van der Waals surface area (Å²) in [6.07, 6.45) is 9.99. The van der Waals surface area contributed by atoms with Crippen molar-refractivity contribution in [1.29, 1.82) is 0 Å². The molecular weight excluding hydrogens is 362 g/mol. The molecule has 4 aliphatic carbocycles. The summed E-state index contributed by atoms with van der Waals surface area (Å²) >= 11 is 0. The highest BCUT2D eigenvalue weighted by Crippen LogP contribution is 2.66. The van der Waals surface area contributed by atoms with Crippen LogP contribution in [0.2, 0.25) is 0 Å². The third-order valence-electron chi connectivity index (χ3n) is 9.07. The van der Waals surface area contributed by atoms with Gasteiger partial charge >= 0.3 is 0 Å². The van der Waals surface area contributed by atoms with Crippen molar-refractivity contribution in [1.82, 2.24) is 5.32 Å². The van der Waals surface area contributed by atoms with Gasteiger partial charge in [-0.05, 0) is 85.5 Å². The molecule has 3 unspecified atom stereocenters. The molecule has 0 radical (unpaired) electrons. The molecular formula is C25H37NO3. The Morgan fingerprint density at radius 1 is 1.24 bits per heavy atom. The fourth-order valence-electron chi connectivity index (χ4n) is 7.51. The van der Waals surface area contributed by atoms with E-state index in [0.717, 1.165) is 51.3 Å². The molecule has 1 amide bonds. The summed E-state index contributed by atoms with van der Waals surface area (Å²) in [7, 11) is 0. The van der Waals surface area contributed by atoms with Gasteiger partial charge in [0, 0.05) is 18.0 Å².